The largest absolute Gasteiger partial charge is 0.492 e. The van der Waals surface area contributed by atoms with Gasteiger partial charge in [-0.1, -0.05) is 29.8 Å². The van der Waals surface area contributed by atoms with E-state index in [1.54, 1.807) is 6.07 Å². The number of benzene rings is 2. The zero-order chi connectivity index (χ0) is 19.8. The highest BCUT2D eigenvalue weighted by Gasteiger charge is 2.10. The molecule has 1 aliphatic heterocycles. The summed E-state index contributed by atoms with van der Waals surface area (Å²) in [4.78, 5) is 14.4. The molecule has 7 heteroatoms. The number of hydrogen-bond donors (Lipinski definition) is 2. The van der Waals surface area contributed by atoms with Crippen LogP contribution in [0.2, 0.25) is 5.02 Å². The maximum atomic E-state index is 12.1. The van der Waals surface area contributed by atoms with Crippen molar-refractivity contribution in [3.05, 3.63) is 58.6 Å². The molecule has 0 aromatic heterocycles. The number of halogens is 1. The third-order valence-electron chi connectivity index (χ3n) is 4.56. The van der Waals surface area contributed by atoms with Gasteiger partial charge < -0.3 is 20.1 Å². The fourth-order valence-electron chi connectivity index (χ4n) is 2.89. The SMILES string of the molecule is Cc1ccc(NC(=O)NCc2cccc(OCCN3CCOCC3)c2)cc1Cl. The number of ether oxygens (including phenoxy) is 2. The van der Waals surface area contributed by atoms with Gasteiger partial charge in [-0.3, -0.25) is 4.90 Å². The Hall–Kier alpha value is -2.28. The molecule has 1 saturated heterocycles. The Kier molecular flexibility index (Phi) is 7.54. The molecule has 1 aliphatic rings. The van der Waals surface area contributed by atoms with Gasteiger partial charge in [0.2, 0.25) is 0 Å². The smallest absolute Gasteiger partial charge is 0.319 e. The first-order chi connectivity index (χ1) is 13.6. The molecule has 28 heavy (non-hydrogen) atoms. The van der Waals surface area contributed by atoms with Crippen LogP contribution in [0.5, 0.6) is 5.75 Å². The number of rotatable bonds is 7. The fourth-order valence-corrected chi connectivity index (χ4v) is 3.07. The number of carbonyl (C=O) groups is 1. The molecule has 1 heterocycles. The van der Waals surface area contributed by atoms with Crippen LogP contribution in [0.3, 0.4) is 0 Å². The van der Waals surface area contributed by atoms with Crippen molar-refractivity contribution in [3.63, 3.8) is 0 Å². The summed E-state index contributed by atoms with van der Waals surface area (Å²) in [5.41, 5.74) is 2.60. The van der Waals surface area contributed by atoms with Crippen molar-refractivity contribution in [2.24, 2.45) is 0 Å². The van der Waals surface area contributed by atoms with E-state index in [0.29, 0.717) is 23.9 Å². The standard InChI is InChI=1S/C21H26ClN3O3/c1-16-5-6-18(14-20(16)22)24-21(26)23-15-17-3-2-4-19(13-17)28-12-9-25-7-10-27-11-8-25/h2-6,13-14H,7-12,15H2,1H3,(H2,23,24,26). The first-order valence-corrected chi connectivity index (χ1v) is 9.81. The third-order valence-corrected chi connectivity index (χ3v) is 4.97. The number of carbonyl (C=O) groups excluding carboxylic acids is 1. The van der Waals surface area contributed by atoms with E-state index in [1.807, 2.05) is 43.3 Å². The van der Waals surface area contributed by atoms with Gasteiger partial charge in [0, 0.05) is 36.9 Å². The second kappa shape index (κ2) is 10.3. The lowest BCUT2D eigenvalue weighted by molar-refractivity contribution is 0.0322. The van der Waals surface area contributed by atoms with E-state index >= 15 is 0 Å². The molecule has 150 valence electrons. The topological polar surface area (TPSA) is 62.8 Å². The monoisotopic (exact) mass is 403 g/mol. The Balaban J connectivity index is 1.43. The molecule has 2 N–H and O–H groups in total. The van der Waals surface area contributed by atoms with Gasteiger partial charge in [-0.15, -0.1) is 0 Å². The lowest BCUT2D eigenvalue weighted by atomic mass is 10.2. The molecule has 0 radical (unpaired) electrons. The average Bonchev–Trinajstić information content (AvgIpc) is 2.70. The summed E-state index contributed by atoms with van der Waals surface area (Å²) in [5, 5.41) is 6.25. The number of anilines is 1. The normalized spacial score (nSPS) is 14.5. The van der Waals surface area contributed by atoms with Gasteiger partial charge in [0.05, 0.1) is 13.2 Å². The number of urea groups is 1. The number of aryl methyl sites for hydroxylation is 1. The Morgan fingerprint density at radius 2 is 2.04 bits per heavy atom. The Morgan fingerprint density at radius 1 is 1.21 bits per heavy atom. The van der Waals surface area contributed by atoms with Crippen LogP contribution < -0.4 is 15.4 Å². The van der Waals surface area contributed by atoms with Gasteiger partial charge in [0.25, 0.3) is 0 Å². The number of amides is 2. The molecular formula is C21H26ClN3O3. The highest BCUT2D eigenvalue weighted by atomic mass is 35.5. The van der Waals surface area contributed by atoms with Crippen molar-refractivity contribution < 1.29 is 14.3 Å². The van der Waals surface area contributed by atoms with Crippen molar-refractivity contribution >= 4 is 23.3 Å². The van der Waals surface area contributed by atoms with Crippen LogP contribution in [0, 0.1) is 6.92 Å². The van der Waals surface area contributed by atoms with E-state index in [1.165, 1.54) is 0 Å². The minimum atomic E-state index is -0.279. The summed E-state index contributed by atoms with van der Waals surface area (Å²) >= 11 is 6.08. The molecule has 0 unspecified atom stereocenters. The van der Waals surface area contributed by atoms with Crippen molar-refractivity contribution in [2.75, 3.05) is 44.8 Å². The Bertz CT molecular complexity index is 794. The van der Waals surface area contributed by atoms with Crippen molar-refractivity contribution in [3.8, 4) is 5.75 Å². The number of nitrogens with one attached hydrogen (secondary N) is 2. The summed E-state index contributed by atoms with van der Waals surface area (Å²) in [6.45, 7) is 7.33. The maximum absolute atomic E-state index is 12.1. The van der Waals surface area contributed by atoms with Gasteiger partial charge >= 0.3 is 6.03 Å². The lowest BCUT2D eigenvalue weighted by Gasteiger charge is -2.26. The van der Waals surface area contributed by atoms with Crippen molar-refractivity contribution in [1.82, 2.24) is 10.2 Å². The second-order valence-electron chi connectivity index (χ2n) is 6.72. The number of hydrogen-bond acceptors (Lipinski definition) is 4. The zero-order valence-electron chi connectivity index (χ0n) is 16.0. The van der Waals surface area contributed by atoms with E-state index in [9.17, 15) is 4.79 Å². The number of nitrogens with zero attached hydrogens (tertiary/aromatic N) is 1. The molecular weight excluding hydrogens is 378 g/mol. The molecule has 0 saturated carbocycles. The summed E-state index contributed by atoms with van der Waals surface area (Å²) < 4.78 is 11.2. The average molecular weight is 404 g/mol. The van der Waals surface area contributed by atoms with Gasteiger partial charge in [-0.2, -0.15) is 0 Å². The van der Waals surface area contributed by atoms with E-state index in [4.69, 9.17) is 21.1 Å². The molecule has 0 bridgehead atoms. The molecule has 1 fully saturated rings. The van der Waals surface area contributed by atoms with Crippen molar-refractivity contribution in [1.29, 1.82) is 0 Å². The molecule has 0 aliphatic carbocycles. The third kappa shape index (κ3) is 6.41. The molecule has 6 nitrogen and oxygen atoms in total. The van der Waals surface area contributed by atoms with Crippen LogP contribution >= 0.6 is 11.6 Å². The first kappa shape index (κ1) is 20.5. The summed E-state index contributed by atoms with van der Waals surface area (Å²) in [5.74, 6) is 0.804. The van der Waals surface area contributed by atoms with E-state index < -0.39 is 0 Å². The second-order valence-corrected chi connectivity index (χ2v) is 7.13. The van der Waals surface area contributed by atoms with Gasteiger partial charge in [-0.25, -0.2) is 4.79 Å². The predicted octanol–water partition coefficient (Wildman–Crippen LogP) is 3.68. The van der Waals surface area contributed by atoms with Gasteiger partial charge in [0.15, 0.2) is 0 Å². The van der Waals surface area contributed by atoms with E-state index in [2.05, 4.69) is 15.5 Å². The van der Waals surface area contributed by atoms with Crippen LogP contribution in [-0.2, 0) is 11.3 Å². The van der Waals surface area contributed by atoms with E-state index in [0.717, 1.165) is 49.7 Å². The quantitative estimate of drug-likeness (QED) is 0.740. The zero-order valence-corrected chi connectivity index (χ0v) is 16.8. The molecule has 2 aromatic carbocycles. The summed E-state index contributed by atoms with van der Waals surface area (Å²) in [7, 11) is 0. The maximum Gasteiger partial charge on any atom is 0.319 e. The first-order valence-electron chi connectivity index (χ1n) is 9.43. The lowest BCUT2D eigenvalue weighted by Crippen LogP contribution is -2.38. The predicted molar refractivity (Wildman–Crippen MR) is 111 cm³/mol. The minimum Gasteiger partial charge on any atom is -0.492 e. The molecule has 0 spiro atoms. The minimum absolute atomic E-state index is 0.279. The van der Waals surface area contributed by atoms with Crippen LogP contribution in [0.25, 0.3) is 0 Å². The number of morpholine rings is 1. The van der Waals surface area contributed by atoms with Crippen LogP contribution in [0.4, 0.5) is 10.5 Å². The highest BCUT2D eigenvalue weighted by Crippen LogP contribution is 2.20. The molecule has 2 amide bonds. The van der Waals surface area contributed by atoms with Gasteiger partial charge in [0.1, 0.15) is 12.4 Å². The molecule has 0 atom stereocenters. The van der Waals surface area contributed by atoms with Crippen LogP contribution in [0.1, 0.15) is 11.1 Å². The van der Waals surface area contributed by atoms with Gasteiger partial charge in [-0.05, 0) is 42.3 Å². The van der Waals surface area contributed by atoms with Crippen LogP contribution in [0.15, 0.2) is 42.5 Å². The van der Waals surface area contributed by atoms with E-state index in [-0.39, 0.29) is 6.03 Å². The highest BCUT2D eigenvalue weighted by molar-refractivity contribution is 6.31. The Morgan fingerprint density at radius 3 is 2.82 bits per heavy atom. The summed E-state index contributed by atoms with van der Waals surface area (Å²) in [6, 6.07) is 12.9. The fraction of sp³-hybridized carbons (Fsp3) is 0.381. The van der Waals surface area contributed by atoms with Crippen molar-refractivity contribution in [2.45, 2.75) is 13.5 Å². The Labute approximate surface area is 170 Å². The van der Waals surface area contributed by atoms with Crippen LogP contribution in [-0.4, -0.2) is 50.4 Å². The summed E-state index contributed by atoms with van der Waals surface area (Å²) in [6.07, 6.45) is 0. The molecule has 3 rings (SSSR count). The molecule has 2 aromatic rings.